The molecule has 0 aliphatic heterocycles. The normalized spacial score (nSPS) is 18.3. The van der Waals surface area contributed by atoms with Crippen molar-refractivity contribution in [3.8, 4) is 0 Å². The van der Waals surface area contributed by atoms with Gasteiger partial charge in [-0.2, -0.15) is 0 Å². The fourth-order valence-electron chi connectivity index (χ4n) is 2.38. The van der Waals surface area contributed by atoms with Crippen molar-refractivity contribution in [3.05, 3.63) is 17.3 Å². The largest absolute Gasteiger partial charge is 0.329 e. The molecule has 3 N–H and O–H groups in total. The minimum absolute atomic E-state index is 0.0543. The van der Waals surface area contributed by atoms with E-state index in [9.17, 15) is 4.79 Å². The lowest BCUT2D eigenvalue weighted by Crippen LogP contribution is -2.44. The maximum absolute atomic E-state index is 12.3. The Morgan fingerprint density at radius 2 is 2.06 bits per heavy atom. The van der Waals surface area contributed by atoms with Crippen LogP contribution < -0.4 is 11.1 Å². The van der Waals surface area contributed by atoms with Crippen LogP contribution >= 0.6 is 11.6 Å². The molecule has 1 heterocycles. The molecule has 0 saturated heterocycles. The number of rotatable bonds is 3. The van der Waals surface area contributed by atoms with E-state index in [2.05, 4.69) is 15.5 Å². The summed E-state index contributed by atoms with van der Waals surface area (Å²) in [5.74, 6) is 0.365. The molecular formula is C12H17ClN4O. The second kappa shape index (κ2) is 5.63. The van der Waals surface area contributed by atoms with Crippen molar-refractivity contribution in [2.24, 2.45) is 11.1 Å². The van der Waals surface area contributed by atoms with E-state index in [0.717, 1.165) is 25.7 Å². The Labute approximate surface area is 111 Å². The second-order valence-electron chi connectivity index (χ2n) is 4.74. The van der Waals surface area contributed by atoms with E-state index >= 15 is 0 Å². The van der Waals surface area contributed by atoms with Crippen molar-refractivity contribution in [2.45, 2.75) is 32.1 Å². The summed E-state index contributed by atoms with van der Waals surface area (Å²) in [6.45, 7) is 0.375. The molecule has 0 spiro atoms. The third-order valence-electron chi connectivity index (χ3n) is 3.56. The van der Waals surface area contributed by atoms with Crippen LogP contribution in [0.3, 0.4) is 0 Å². The van der Waals surface area contributed by atoms with Crippen molar-refractivity contribution in [1.82, 2.24) is 10.2 Å². The molecular weight excluding hydrogens is 252 g/mol. The van der Waals surface area contributed by atoms with Gasteiger partial charge in [0.15, 0.2) is 11.0 Å². The summed E-state index contributed by atoms with van der Waals surface area (Å²) in [6, 6.07) is 3.24. The van der Waals surface area contributed by atoms with E-state index < -0.39 is 5.41 Å². The van der Waals surface area contributed by atoms with Gasteiger partial charge in [0, 0.05) is 6.54 Å². The minimum atomic E-state index is -0.445. The standard InChI is InChI=1S/C12H17ClN4O/c13-9-4-5-10(17-16-9)15-11(18)12(8-14)6-2-1-3-7-12/h4-5H,1-3,6-8,14H2,(H,15,17,18). The summed E-state index contributed by atoms with van der Waals surface area (Å²) in [7, 11) is 0. The molecule has 6 heteroatoms. The third kappa shape index (κ3) is 2.79. The van der Waals surface area contributed by atoms with Crippen molar-refractivity contribution in [2.75, 3.05) is 11.9 Å². The lowest BCUT2D eigenvalue weighted by molar-refractivity contribution is -0.126. The molecule has 0 atom stereocenters. The predicted octanol–water partition coefficient (Wildman–Crippen LogP) is 1.98. The Morgan fingerprint density at radius 1 is 1.33 bits per heavy atom. The van der Waals surface area contributed by atoms with Crippen LogP contribution in [0.15, 0.2) is 12.1 Å². The minimum Gasteiger partial charge on any atom is -0.329 e. The number of aromatic nitrogens is 2. The molecule has 0 unspecified atom stereocenters. The lowest BCUT2D eigenvalue weighted by atomic mass is 9.73. The van der Waals surface area contributed by atoms with Crippen LogP contribution in [0.2, 0.25) is 5.15 Å². The molecule has 1 aliphatic rings. The topological polar surface area (TPSA) is 80.9 Å². The first kappa shape index (κ1) is 13.2. The van der Waals surface area contributed by atoms with E-state index in [0.29, 0.717) is 17.5 Å². The van der Waals surface area contributed by atoms with Crippen molar-refractivity contribution >= 4 is 23.3 Å². The number of nitrogens with two attached hydrogens (primary N) is 1. The number of carbonyl (C=O) groups excluding carboxylic acids is 1. The summed E-state index contributed by atoms with van der Waals surface area (Å²) >= 11 is 5.65. The van der Waals surface area contributed by atoms with E-state index in [4.69, 9.17) is 17.3 Å². The van der Waals surface area contributed by atoms with Crippen LogP contribution in [-0.4, -0.2) is 22.6 Å². The van der Waals surface area contributed by atoms with Crippen LogP contribution in [0.4, 0.5) is 5.82 Å². The molecule has 5 nitrogen and oxygen atoms in total. The molecule has 98 valence electrons. The average molecular weight is 269 g/mol. The SMILES string of the molecule is NCC1(C(=O)Nc2ccc(Cl)nn2)CCCCC1. The fraction of sp³-hybridized carbons (Fsp3) is 0.583. The summed E-state index contributed by atoms with van der Waals surface area (Å²) < 4.78 is 0. The molecule has 1 aromatic rings. The molecule has 1 aliphatic carbocycles. The summed E-state index contributed by atoms with van der Waals surface area (Å²) in [4.78, 5) is 12.3. The highest BCUT2D eigenvalue weighted by atomic mass is 35.5. The number of nitrogens with one attached hydrogen (secondary N) is 1. The van der Waals surface area contributed by atoms with Gasteiger partial charge in [-0.15, -0.1) is 10.2 Å². The molecule has 1 fully saturated rings. The summed E-state index contributed by atoms with van der Waals surface area (Å²) in [5, 5.41) is 10.6. The number of halogens is 1. The van der Waals surface area contributed by atoms with Gasteiger partial charge in [0.25, 0.3) is 0 Å². The van der Waals surface area contributed by atoms with Crippen LogP contribution in [0.5, 0.6) is 0 Å². The molecule has 1 saturated carbocycles. The number of anilines is 1. The van der Waals surface area contributed by atoms with Gasteiger partial charge in [-0.05, 0) is 25.0 Å². The van der Waals surface area contributed by atoms with Crippen molar-refractivity contribution in [3.63, 3.8) is 0 Å². The van der Waals surface area contributed by atoms with E-state index in [1.165, 1.54) is 6.42 Å². The van der Waals surface area contributed by atoms with Gasteiger partial charge in [-0.1, -0.05) is 30.9 Å². The van der Waals surface area contributed by atoms with Gasteiger partial charge < -0.3 is 11.1 Å². The van der Waals surface area contributed by atoms with Crippen molar-refractivity contribution < 1.29 is 4.79 Å². The van der Waals surface area contributed by atoms with Gasteiger partial charge in [0.05, 0.1) is 5.41 Å². The molecule has 1 aromatic heterocycles. The highest BCUT2D eigenvalue weighted by Crippen LogP contribution is 2.36. The number of nitrogens with zero attached hydrogens (tertiary/aromatic N) is 2. The van der Waals surface area contributed by atoms with Gasteiger partial charge in [-0.25, -0.2) is 0 Å². The third-order valence-corrected chi connectivity index (χ3v) is 3.76. The highest BCUT2D eigenvalue weighted by molar-refractivity contribution is 6.29. The van der Waals surface area contributed by atoms with Crippen molar-refractivity contribution in [1.29, 1.82) is 0 Å². The molecule has 1 amide bonds. The zero-order valence-electron chi connectivity index (χ0n) is 10.2. The van der Waals surface area contributed by atoms with E-state index in [1.54, 1.807) is 12.1 Å². The molecule has 2 rings (SSSR count). The monoisotopic (exact) mass is 268 g/mol. The zero-order chi connectivity index (χ0) is 13.0. The molecule has 18 heavy (non-hydrogen) atoms. The first-order valence-electron chi connectivity index (χ1n) is 6.17. The first-order chi connectivity index (χ1) is 8.66. The van der Waals surface area contributed by atoms with E-state index in [1.807, 2.05) is 0 Å². The van der Waals surface area contributed by atoms with Gasteiger partial charge in [-0.3, -0.25) is 4.79 Å². The Balaban J connectivity index is 2.07. The zero-order valence-corrected chi connectivity index (χ0v) is 10.9. The molecule has 0 radical (unpaired) electrons. The Hall–Kier alpha value is -1.20. The summed E-state index contributed by atoms with van der Waals surface area (Å²) in [5.41, 5.74) is 5.35. The fourth-order valence-corrected chi connectivity index (χ4v) is 2.48. The number of hydrogen-bond donors (Lipinski definition) is 2. The highest BCUT2D eigenvalue weighted by Gasteiger charge is 2.38. The smallest absolute Gasteiger partial charge is 0.233 e. The Bertz CT molecular complexity index is 415. The molecule has 0 bridgehead atoms. The quantitative estimate of drug-likeness (QED) is 0.878. The van der Waals surface area contributed by atoms with Crippen LogP contribution in [-0.2, 0) is 4.79 Å². The van der Waals surface area contributed by atoms with Crippen LogP contribution in [0.25, 0.3) is 0 Å². The maximum Gasteiger partial charge on any atom is 0.233 e. The van der Waals surface area contributed by atoms with Crippen LogP contribution in [0.1, 0.15) is 32.1 Å². The molecule has 0 aromatic carbocycles. The Kier molecular flexibility index (Phi) is 4.14. The van der Waals surface area contributed by atoms with Gasteiger partial charge in [0.1, 0.15) is 0 Å². The number of amides is 1. The summed E-state index contributed by atoms with van der Waals surface area (Å²) in [6.07, 6.45) is 4.97. The average Bonchev–Trinajstić information content (AvgIpc) is 2.42. The Morgan fingerprint density at radius 3 is 2.61 bits per heavy atom. The first-order valence-corrected chi connectivity index (χ1v) is 6.55. The van der Waals surface area contributed by atoms with Crippen LogP contribution in [0, 0.1) is 5.41 Å². The lowest BCUT2D eigenvalue weighted by Gasteiger charge is -2.34. The maximum atomic E-state index is 12.3. The number of carbonyl (C=O) groups is 1. The number of hydrogen-bond acceptors (Lipinski definition) is 4. The predicted molar refractivity (Wildman–Crippen MR) is 70.2 cm³/mol. The second-order valence-corrected chi connectivity index (χ2v) is 5.13. The van der Waals surface area contributed by atoms with Gasteiger partial charge >= 0.3 is 0 Å². The van der Waals surface area contributed by atoms with Gasteiger partial charge in [0.2, 0.25) is 5.91 Å². The van der Waals surface area contributed by atoms with E-state index in [-0.39, 0.29) is 5.91 Å².